The molecule has 2 heterocycles. The molecule has 1 amide bonds. The van der Waals surface area contributed by atoms with Gasteiger partial charge in [-0.25, -0.2) is 13.1 Å². The molecular formula is C16H19N5O3S. The van der Waals surface area contributed by atoms with Gasteiger partial charge in [-0.05, 0) is 30.9 Å². The summed E-state index contributed by atoms with van der Waals surface area (Å²) in [5.74, 6) is 0.102. The second-order valence-electron chi connectivity index (χ2n) is 6.46. The van der Waals surface area contributed by atoms with Crippen LogP contribution in [0.1, 0.15) is 42.7 Å². The third kappa shape index (κ3) is 2.99. The Morgan fingerprint density at radius 1 is 1.24 bits per heavy atom. The fourth-order valence-corrected chi connectivity index (χ4v) is 4.55. The number of nitrogens with zero attached hydrogens (tertiary/aromatic N) is 3. The maximum Gasteiger partial charge on any atom is 0.291 e. The van der Waals surface area contributed by atoms with Crippen LogP contribution in [0.3, 0.4) is 0 Å². The molecule has 1 aromatic carbocycles. The molecule has 2 aliphatic rings. The molecule has 8 nitrogen and oxygen atoms in total. The number of sulfonamides is 1. The van der Waals surface area contributed by atoms with E-state index in [2.05, 4.69) is 20.1 Å². The highest BCUT2D eigenvalue weighted by Gasteiger charge is 2.31. The number of carbonyl (C=O) groups is 1. The Bertz CT molecular complexity index is 916. The zero-order valence-electron chi connectivity index (χ0n) is 13.6. The van der Waals surface area contributed by atoms with Gasteiger partial charge < -0.3 is 5.32 Å². The lowest BCUT2D eigenvalue weighted by Crippen LogP contribution is -2.31. The van der Waals surface area contributed by atoms with Gasteiger partial charge in [-0.3, -0.25) is 4.79 Å². The van der Waals surface area contributed by atoms with Crippen molar-refractivity contribution in [3.63, 3.8) is 0 Å². The van der Waals surface area contributed by atoms with E-state index in [1.807, 2.05) is 0 Å². The molecule has 9 heteroatoms. The average Bonchev–Trinajstić information content (AvgIpc) is 3.04. The predicted octanol–water partition coefficient (Wildman–Crippen LogP) is 1.69. The molecule has 1 saturated carbocycles. The van der Waals surface area contributed by atoms with E-state index >= 15 is 0 Å². The van der Waals surface area contributed by atoms with Crippen molar-refractivity contribution in [2.75, 3.05) is 11.3 Å². The van der Waals surface area contributed by atoms with Gasteiger partial charge in [0.15, 0.2) is 0 Å². The number of hydrogen-bond acceptors (Lipinski definition) is 5. The van der Waals surface area contributed by atoms with E-state index in [0.717, 1.165) is 12.8 Å². The summed E-state index contributed by atoms with van der Waals surface area (Å²) in [7, 11) is -3.70. The van der Waals surface area contributed by atoms with E-state index in [9.17, 15) is 13.2 Å². The van der Waals surface area contributed by atoms with Crippen molar-refractivity contribution in [2.45, 2.75) is 37.0 Å². The molecule has 132 valence electrons. The van der Waals surface area contributed by atoms with E-state index in [1.165, 1.54) is 30.0 Å². The first kappa shape index (κ1) is 16.1. The van der Waals surface area contributed by atoms with Crippen LogP contribution < -0.4 is 10.0 Å². The molecular weight excluding hydrogens is 342 g/mol. The van der Waals surface area contributed by atoms with Crippen molar-refractivity contribution in [3.8, 4) is 5.69 Å². The molecule has 4 rings (SSSR count). The first-order chi connectivity index (χ1) is 12.0. The van der Waals surface area contributed by atoms with Crippen molar-refractivity contribution in [3.05, 3.63) is 30.1 Å². The number of fused-ring (bicyclic) bond motifs is 3. The standard InChI is InChI=1S/C16H19N5O3S/c22-15(17-10-11-6-2-1-3-7-11)14-18-16-20-25(23,24)13-9-5-4-8-12(13)21(16)19-14/h4-5,8-9,11H,1-3,6-7,10H2,(H,17,22)(H,18,19,20). The van der Waals surface area contributed by atoms with Gasteiger partial charge in [-0.15, -0.1) is 5.10 Å². The number of nitrogens with one attached hydrogen (secondary N) is 2. The summed E-state index contributed by atoms with van der Waals surface area (Å²) >= 11 is 0. The molecule has 1 fully saturated rings. The highest BCUT2D eigenvalue weighted by molar-refractivity contribution is 7.92. The van der Waals surface area contributed by atoms with Gasteiger partial charge in [0.25, 0.3) is 15.9 Å². The summed E-state index contributed by atoms with van der Waals surface area (Å²) in [6.45, 7) is 0.602. The van der Waals surface area contributed by atoms with Crippen LogP contribution in [-0.2, 0) is 10.0 Å². The number of hydrogen-bond donors (Lipinski definition) is 2. The lowest BCUT2D eigenvalue weighted by molar-refractivity contribution is 0.0933. The SMILES string of the molecule is O=C(NCC1CCCCC1)c1nc2n(n1)-c1ccccc1S(=O)(=O)N2. The smallest absolute Gasteiger partial charge is 0.291 e. The van der Waals surface area contributed by atoms with Crippen molar-refractivity contribution >= 4 is 21.9 Å². The molecule has 2 N–H and O–H groups in total. The van der Waals surface area contributed by atoms with Crippen LogP contribution in [0.25, 0.3) is 5.69 Å². The number of anilines is 1. The first-order valence-electron chi connectivity index (χ1n) is 8.42. The lowest BCUT2D eigenvalue weighted by Gasteiger charge is -2.21. The number of para-hydroxylation sites is 1. The molecule has 0 unspecified atom stereocenters. The second kappa shape index (κ2) is 6.14. The Morgan fingerprint density at radius 2 is 2.00 bits per heavy atom. The Hall–Kier alpha value is -2.42. The summed E-state index contributed by atoms with van der Waals surface area (Å²) in [6, 6.07) is 6.48. The van der Waals surface area contributed by atoms with E-state index in [0.29, 0.717) is 18.2 Å². The van der Waals surface area contributed by atoms with E-state index < -0.39 is 10.0 Å². The van der Waals surface area contributed by atoms with Gasteiger partial charge in [-0.1, -0.05) is 31.4 Å². The van der Waals surface area contributed by atoms with Crippen LogP contribution in [0.5, 0.6) is 0 Å². The number of rotatable bonds is 3. The summed E-state index contributed by atoms with van der Waals surface area (Å²) < 4.78 is 28.2. The third-order valence-electron chi connectivity index (χ3n) is 4.69. The van der Waals surface area contributed by atoms with Gasteiger partial charge in [0.05, 0.1) is 5.69 Å². The van der Waals surface area contributed by atoms with E-state index in [4.69, 9.17) is 0 Å². The van der Waals surface area contributed by atoms with Crippen LogP contribution in [-0.4, -0.2) is 35.6 Å². The quantitative estimate of drug-likeness (QED) is 0.865. The Morgan fingerprint density at radius 3 is 2.80 bits per heavy atom. The van der Waals surface area contributed by atoms with Gasteiger partial charge in [-0.2, -0.15) is 9.67 Å². The number of benzene rings is 1. The Balaban J connectivity index is 1.57. The van der Waals surface area contributed by atoms with Crippen molar-refractivity contribution in [1.29, 1.82) is 0 Å². The largest absolute Gasteiger partial charge is 0.349 e. The van der Waals surface area contributed by atoms with E-state index in [1.54, 1.807) is 18.2 Å². The molecule has 1 aliphatic heterocycles. The van der Waals surface area contributed by atoms with Crippen LogP contribution in [0, 0.1) is 5.92 Å². The summed E-state index contributed by atoms with van der Waals surface area (Å²) in [4.78, 5) is 16.5. The molecule has 1 aromatic heterocycles. The number of aromatic nitrogens is 3. The third-order valence-corrected chi connectivity index (χ3v) is 6.07. The zero-order chi connectivity index (χ0) is 17.4. The van der Waals surface area contributed by atoms with Crippen LogP contribution in [0.15, 0.2) is 29.2 Å². The molecule has 0 atom stereocenters. The normalized spacial score (nSPS) is 18.7. The maximum atomic E-state index is 12.4. The molecule has 0 bridgehead atoms. The van der Waals surface area contributed by atoms with Crippen LogP contribution in [0.4, 0.5) is 5.95 Å². The van der Waals surface area contributed by atoms with Crippen LogP contribution in [0.2, 0.25) is 0 Å². The minimum Gasteiger partial charge on any atom is -0.349 e. The van der Waals surface area contributed by atoms with Crippen molar-refractivity contribution < 1.29 is 13.2 Å². The van der Waals surface area contributed by atoms with Crippen LogP contribution >= 0.6 is 0 Å². The highest BCUT2D eigenvalue weighted by atomic mass is 32.2. The van der Waals surface area contributed by atoms with Gasteiger partial charge in [0, 0.05) is 6.54 Å². The zero-order valence-corrected chi connectivity index (χ0v) is 14.4. The molecule has 0 radical (unpaired) electrons. The maximum absolute atomic E-state index is 12.4. The van der Waals surface area contributed by atoms with E-state index in [-0.39, 0.29) is 22.6 Å². The molecule has 0 spiro atoms. The number of carbonyl (C=O) groups excluding carboxylic acids is 1. The first-order valence-corrected chi connectivity index (χ1v) is 9.90. The summed E-state index contributed by atoms with van der Waals surface area (Å²) in [5, 5.41) is 7.06. The average molecular weight is 361 g/mol. The summed E-state index contributed by atoms with van der Waals surface area (Å²) in [5.41, 5.74) is 0.384. The lowest BCUT2D eigenvalue weighted by atomic mass is 9.89. The Kier molecular flexibility index (Phi) is 3.95. The fraction of sp³-hybridized carbons (Fsp3) is 0.438. The highest BCUT2D eigenvalue weighted by Crippen LogP contribution is 2.29. The molecule has 1 aliphatic carbocycles. The number of amides is 1. The molecule has 0 saturated heterocycles. The second-order valence-corrected chi connectivity index (χ2v) is 8.11. The Labute approximate surface area is 145 Å². The topological polar surface area (TPSA) is 106 Å². The summed E-state index contributed by atoms with van der Waals surface area (Å²) in [6.07, 6.45) is 5.92. The fourth-order valence-electron chi connectivity index (χ4n) is 3.38. The van der Waals surface area contributed by atoms with Gasteiger partial charge in [0.2, 0.25) is 11.8 Å². The monoisotopic (exact) mass is 361 g/mol. The van der Waals surface area contributed by atoms with Crippen molar-refractivity contribution in [2.24, 2.45) is 5.92 Å². The minimum absolute atomic E-state index is 0.0292. The van der Waals surface area contributed by atoms with Gasteiger partial charge in [0.1, 0.15) is 4.90 Å². The molecule has 25 heavy (non-hydrogen) atoms. The van der Waals surface area contributed by atoms with Crippen molar-refractivity contribution in [1.82, 2.24) is 20.1 Å². The van der Waals surface area contributed by atoms with Gasteiger partial charge >= 0.3 is 0 Å². The predicted molar refractivity (Wildman–Crippen MR) is 91.1 cm³/mol. The molecule has 2 aromatic rings. The minimum atomic E-state index is -3.70.